The van der Waals surface area contributed by atoms with Crippen molar-refractivity contribution < 1.29 is 14.3 Å². The molecule has 1 amide bonds. The molecule has 0 spiro atoms. The van der Waals surface area contributed by atoms with Crippen molar-refractivity contribution in [2.24, 2.45) is 5.92 Å². The van der Waals surface area contributed by atoms with E-state index in [9.17, 15) is 4.79 Å². The molecular formula is C13H23N3O3. The van der Waals surface area contributed by atoms with Gasteiger partial charge in [-0.2, -0.15) is 5.26 Å². The van der Waals surface area contributed by atoms with Gasteiger partial charge in [-0.3, -0.25) is 4.79 Å². The van der Waals surface area contributed by atoms with Crippen LogP contribution in [0.3, 0.4) is 0 Å². The molecule has 0 bridgehead atoms. The fourth-order valence-corrected chi connectivity index (χ4v) is 2.21. The Balaban J connectivity index is 2.60. The molecular weight excluding hydrogens is 246 g/mol. The summed E-state index contributed by atoms with van der Waals surface area (Å²) in [6.45, 7) is 5.30. The maximum atomic E-state index is 12.5. The summed E-state index contributed by atoms with van der Waals surface area (Å²) in [6.07, 6.45) is 0.342. The average Bonchev–Trinajstić information content (AvgIpc) is 2.87. The van der Waals surface area contributed by atoms with Crippen LogP contribution in [0, 0.1) is 17.2 Å². The molecule has 6 nitrogen and oxygen atoms in total. The van der Waals surface area contributed by atoms with Gasteiger partial charge >= 0.3 is 0 Å². The Bertz CT molecular complexity index is 317. The number of hydrogen-bond acceptors (Lipinski definition) is 5. The molecule has 0 aromatic rings. The second-order valence-corrected chi connectivity index (χ2v) is 4.53. The first-order valence-corrected chi connectivity index (χ1v) is 6.70. The van der Waals surface area contributed by atoms with Gasteiger partial charge in [0.25, 0.3) is 0 Å². The lowest BCUT2D eigenvalue weighted by Gasteiger charge is -2.26. The van der Waals surface area contributed by atoms with Crippen molar-refractivity contribution >= 4 is 5.91 Å². The Kier molecular flexibility index (Phi) is 7.41. The lowest BCUT2D eigenvalue weighted by Crippen LogP contribution is -2.46. The average molecular weight is 269 g/mol. The van der Waals surface area contributed by atoms with Crippen molar-refractivity contribution in [1.29, 1.82) is 5.26 Å². The molecule has 2 atom stereocenters. The quantitative estimate of drug-likeness (QED) is 0.671. The van der Waals surface area contributed by atoms with Gasteiger partial charge in [0.1, 0.15) is 0 Å². The molecule has 0 aromatic heterocycles. The number of nitrogens with one attached hydrogen (secondary N) is 1. The molecule has 0 saturated carbocycles. The normalized spacial score (nSPS) is 22.2. The first-order valence-electron chi connectivity index (χ1n) is 6.70. The molecule has 1 rings (SSSR count). The molecule has 1 fully saturated rings. The smallest absolute Gasteiger partial charge is 0.229 e. The predicted octanol–water partition coefficient (Wildman–Crippen LogP) is -0.000420. The zero-order chi connectivity index (χ0) is 14.1. The highest BCUT2D eigenvalue weighted by Gasteiger charge is 2.35. The van der Waals surface area contributed by atoms with Gasteiger partial charge in [0.2, 0.25) is 5.91 Å². The lowest BCUT2D eigenvalue weighted by atomic mass is 10.0. The van der Waals surface area contributed by atoms with E-state index in [0.29, 0.717) is 39.3 Å². The summed E-state index contributed by atoms with van der Waals surface area (Å²) in [7, 11) is 1.60. The summed E-state index contributed by atoms with van der Waals surface area (Å²) >= 11 is 0. The zero-order valence-electron chi connectivity index (χ0n) is 11.7. The summed E-state index contributed by atoms with van der Waals surface area (Å²) in [5.74, 6) is -0.105. The van der Waals surface area contributed by atoms with Crippen LogP contribution in [0.1, 0.15) is 13.3 Å². The standard InChI is InChI=1S/C13H23N3O3/c1-3-15-12-10-19-9-11(12)13(17)16(6-4-5-14)7-8-18-2/h11-12,15H,3-4,6-10H2,1-2H3. The molecule has 0 radical (unpaired) electrons. The van der Waals surface area contributed by atoms with Crippen LogP contribution in [0.25, 0.3) is 0 Å². The van der Waals surface area contributed by atoms with E-state index >= 15 is 0 Å². The lowest BCUT2D eigenvalue weighted by molar-refractivity contribution is -0.136. The molecule has 6 heteroatoms. The van der Waals surface area contributed by atoms with Crippen molar-refractivity contribution in [2.75, 3.05) is 46.6 Å². The topological polar surface area (TPSA) is 74.6 Å². The summed E-state index contributed by atoms with van der Waals surface area (Å²) in [5.41, 5.74) is 0. The van der Waals surface area contributed by atoms with E-state index in [2.05, 4.69) is 11.4 Å². The van der Waals surface area contributed by atoms with E-state index in [4.69, 9.17) is 14.7 Å². The molecule has 1 aliphatic heterocycles. The maximum Gasteiger partial charge on any atom is 0.229 e. The number of nitriles is 1. The minimum Gasteiger partial charge on any atom is -0.383 e. The number of amides is 1. The summed E-state index contributed by atoms with van der Waals surface area (Å²) < 4.78 is 10.4. The molecule has 1 aliphatic rings. The monoisotopic (exact) mass is 269 g/mol. The SMILES string of the molecule is CCNC1COCC1C(=O)N(CCC#N)CCOC. The second kappa shape index (κ2) is 8.86. The first-order chi connectivity index (χ1) is 9.24. The Morgan fingerprint density at radius 1 is 1.53 bits per heavy atom. The van der Waals surface area contributed by atoms with Crippen LogP contribution in [0.15, 0.2) is 0 Å². The Hall–Kier alpha value is -1.16. The highest BCUT2D eigenvalue weighted by atomic mass is 16.5. The van der Waals surface area contributed by atoms with Crippen LogP contribution in [0.4, 0.5) is 0 Å². The Morgan fingerprint density at radius 3 is 2.95 bits per heavy atom. The van der Waals surface area contributed by atoms with Crippen LogP contribution in [-0.2, 0) is 14.3 Å². The first kappa shape index (κ1) is 15.9. The van der Waals surface area contributed by atoms with Gasteiger partial charge in [0.05, 0.1) is 38.2 Å². The van der Waals surface area contributed by atoms with E-state index in [-0.39, 0.29) is 17.9 Å². The highest BCUT2D eigenvalue weighted by Crippen LogP contribution is 2.17. The number of ether oxygens (including phenoxy) is 2. The van der Waals surface area contributed by atoms with Crippen molar-refractivity contribution in [3.05, 3.63) is 0 Å². The number of hydrogen-bond donors (Lipinski definition) is 1. The highest BCUT2D eigenvalue weighted by molar-refractivity contribution is 5.80. The van der Waals surface area contributed by atoms with E-state index in [0.717, 1.165) is 6.54 Å². The third-order valence-electron chi connectivity index (χ3n) is 3.23. The molecule has 1 N–H and O–H groups in total. The van der Waals surface area contributed by atoms with Gasteiger partial charge < -0.3 is 19.7 Å². The maximum absolute atomic E-state index is 12.5. The van der Waals surface area contributed by atoms with Gasteiger partial charge in [-0.05, 0) is 6.54 Å². The van der Waals surface area contributed by atoms with Crippen molar-refractivity contribution in [1.82, 2.24) is 10.2 Å². The Labute approximate surface area is 114 Å². The minimum atomic E-state index is -0.157. The van der Waals surface area contributed by atoms with Gasteiger partial charge in [-0.1, -0.05) is 6.92 Å². The van der Waals surface area contributed by atoms with Crippen LogP contribution < -0.4 is 5.32 Å². The van der Waals surface area contributed by atoms with E-state index in [1.54, 1.807) is 12.0 Å². The molecule has 0 aromatic carbocycles. The number of rotatable bonds is 8. The van der Waals surface area contributed by atoms with Gasteiger partial charge in [-0.25, -0.2) is 0 Å². The van der Waals surface area contributed by atoms with Gasteiger partial charge in [0.15, 0.2) is 0 Å². The molecule has 1 saturated heterocycles. The number of carbonyl (C=O) groups excluding carboxylic acids is 1. The second-order valence-electron chi connectivity index (χ2n) is 4.53. The van der Waals surface area contributed by atoms with Gasteiger partial charge in [0, 0.05) is 26.2 Å². The largest absolute Gasteiger partial charge is 0.383 e. The van der Waals surface area contributed by atoms with Crippen molar-refractivity contribution in [3.8, 4) is 6.07 Å². The molecule has 19 heavy (non-hydrogen) atoms. The number of nitrogens with zero attached hydrogens (tertiary/aromatic N) is 2. The van der Waals surface area contributed by atoms with E-state index < -0.39 is 0 Å². The van der Waals surface area contributed by atoms with Crippen LogP contribution in [-0.4, -0.2) is 63.4 Å². The molecule has 2 unspecified atom stereocenters. The van der Waals surface area contributed by atoms with Gasteiger partial charge in [-0.15, -0.1) is 0 Å². The molecule has 1 heterocycles. The fourth-order valence-electron chi connectivity index (χ4n) is 2.21. The minimum absolute atomic E-state index is 0.0516. The van der Waals surface area contributed by atoms with Crippen LogP contribution >= 0.6 is 0 Å². The summed E-state index contributed by atoms with van der Waals surface area (Å²) in [5, 5.41) is 11.9. The van der Waals surface area contributed by atoms with E-state index in [1.165, 1.54) is 0 Å². The number of methoxy groups -OCH3 is 1. The number of likely N-dealkylation sites (N-methyl/N-ethyl adjacent to an activating group) is 1. The number of carbonyl (C=O) groups is 1. The molecule has 0 aliphatic carbocycles. The predicted molar refractivity (Wildman–Crippen MR) is 70.5 cm³/mol. The zero-order valence-corrected chi connectivity index (χ0v) is 11.7. The van der Waals surface area contributed by atoms with Crippen LogP contribution in [0.5, 0.6) is 0 Å². The third kappa shape index (κ3) is 4.78. The molecule has 108 valence electrons. The van der Waals surface area contributed by atoms with Crippen molar-refractivity contribution in [3.63, 3.8) is 0 Å². The van der Waals surface area contributed by atoms with Crippen LogP contribution in [0.2, 0.25) is 0 Å². The summed E-state index contributed by atoms with van der Waals surface area (Å²) in [4.78, 5) is 14.2. The third-order valence-corrected chi connectivity index (χ3v) is 3.23. The van der Waals surface area contributed by atoms with E-state index in [1.807, 2.05) is 6.92 Å². The van der Waals surface area contributed by atoms with Crippen molar-refractivity contribution in [2.45, 2.75) is 19.4 Å². The Morgan fingerprint density at radius 2 is 2.32 bits per heavy atom. The fraction of sp³-hybridized carbons (Fsp3) is 0.846. The summed E-state index contributed by atoms with van der Waals surface area (Å²) in [6, 6.07) is 2.15.